The number of pyridine rings is 1. The maximum Gasteiger partial charge on any atom is 0.259 e. The number of nitrogens with zero attached hydrogens (tertiary/aromatic N) is 3. The van der Waals surface area contributed by atoms with E-state index < -0.39 is 5.91 Å². The molecule has 180 valence electrons. The van der Waals surface area contributed by atoms with Gasteiger partial charge in [-0.25, -0.2) is 4.98 Å². The van der Waals surface area contributed by atoms with E-state index in [1.165, 1.54) is 18.3 Å². The first kappa shape index (κ1) is 25.0. The molecule has 0 spiro atoms. The molecule has 11 heteroatoms. The number of aromatic nitrogens is 1. The highest BCUT2D eigenvalue weighted by Gasteiger charge is 2.20. The zero-order valence-corrected chi connectivity index (χ0v) is 21.5. The second kappa shape index (κ2) is 11.1. The van der Waals surface area contributed by atoms with E-state index >= 15 is 0 Å². The molecule has 1 aliphatic rings. The smallest absolute Gasteiger partial charge is 0.259 e. The van der Waals surface area contributed by atoms with Crippen LogP contribution in [0.15, 0.2) is 35.8 Å². The lowest BCUT2D eigenvalue weighted by atomic mass is 10.1. The van der Waals surface area contributed by atoms with Crippen LogP contribution in [0, 0.1) is 0 Å². The molecule has 3 aromatic rings. The fourth-order valence-electron chi connectivity index (χ4n) is 3.66. The Bertz CT molecular complexity index is 1160. The number of anilines is 2. The molecule has 0 bridgehead atoms. The monoisotopic (exact) mass is 539 g/mol. The molecule has 1 saturated heterocycles. The summed E-state index contributed by atoms with van der Waals surface area (Å²) >= 11 is 20.2. The van der Waals surface area contributed by atoms with E-state index in [1.54, 1.807) is 23.5 Å². The Morgan fingerprint density at radius 1 is 1.15 bits per heavy atom. The van der Waals surface area contributed by atoms with Gasteiger partial charge in [0.05, 0.1) is 27.8 Å². The van der Waals surface area contributed by atoms with E-state index in [9.17, 15) is 9.90 Å². The Labute approximate surface area is 217 Å². The van der Waals surface area contributed by atoms with Crippen LogP contribution in [0.2, 0.25) is 15.1 Å². The molecule has 0 unspecified atom stereocenters. The average molecular weight is 541 g/mol. The average Bonchev–Trinajstić information content (AvgIpc) is 3.15. The zero-order valence-electron chi connectivity index (χ0n) is 18.4. The highest BCUT2D eigenvalue weighted by atomic mass is 35.5. The van der Waals surface area contributed by atoms with Crippen molar-refractivity contribution < 1.29 is 9.90 Å². The number of hydrogen-bond donors (Lipinski definition) is 3. The highest BCUT2D eigenvalue weighted by Crippen LogP contribution is 2.35. The molecule has 3 heterocycles. The number of halogens is 3. The quantitative estimate of drug-likeness (QED) is 0.347. The fourth-order valence-corrected chi connectivity index (χ4v) is 5.23. The number of thiophene rings is 1. The number of piperazine rings is 1. The number of benzene rings is 1. The van der Waals surface area contributed by atoms with Gasteiger partial charge < -0.3 is 20.6 Å². The SMILES string of the molecule is CN1CCN(Cc2csc(CNc3c(O)cc(Cl)cc3C(=O)Nc3ccc(Cl)cn3)c2Cl)CC1. The van der Waals surface area contributed by atoms with Gasteiger partial charge in [0.2, 0.25) is 0 Å². The van der Waals surface area contributed by atoms with Crippen LogP contribution in [-0.4, -0.2) is 59.0 Å². The van der Waals surface area contributed by atoms with Crippen molar-refractivity contribution in [3.63, 3.8) is 0 Å². The first-order valence-corrected chi connectivity index (χ1v) is 12.7. The number of amides is 1. The molecule has 0 saturated carbocycles. The van der Waals surface area contributed by atoms with Crippen molar-refractivity contribution in [2.24, 2.45) is 0 Å². The van der Waals surface area contributed by atoms with Gasteiger partial charge in [-0.2, -0.15) is 0 Å². The van der Waals surface area contributed by atoms with Crippen molar-refractivity contribution in [2.75, 3.05) is 43.9 Å². The number of phenols is 1. The molecule has 1 aromatic carbocycles. The Morgan fingerprint density at radius 2 is 1.91 bits per heavy atom. The van der Waals surface area contributed by atoms with Crippen molar-refractivity contribution in [2.45, 2.75) is 13.1 Å². The van der Waals surface area contributed by atoms with E-state index in [4.69, 9.17) is 34.8 Å². The summed E-state index contributed by atoms with van der Waals surface area (Å²) in [6.07, 6.45) is 1.43. The molecule has 0 aliphatic carbocycles. The molecule has 0 radical (unpaired) electrons. The highest BCUT2D eigenvalue weighted by molar-refractivity contribution is 7.10. The topological polar surface area (TPSA) is 80.7 Å². The number of likely N-dealkylation sites (N-methyl/N-ethyl adjacent to an activating group) is 1. The predicted molar refractivity (Wildman–Crippen MR) is 140 cm³/mol. The Kier molecular flexibility index (Phi) is 8.18. The molecular weight excluding hydrogens is 517 g/mol. The lowest BCUT2D eigenvalue weighted by Crippen LogP contribution is -2.43. The summed E-state index contributed by atoms with van der Waals surface area (Å²) in [6, 6.07) is 6.09. The van der Waals surface area contributed by atoms with Crippen LogP contribution in [0.5, 0.6) is 5.75 Å². The summed E-state index contributed by atoms with van der Waals surface area (Å²) in [5, 5.41) is 19.8. The van der Waals surface area contributed by atoms with Gasteiger partial charge in [0, 0.05) is 54.9 Å². The summed E-state index contributed by atoms with van der Waals surface area (Å²) in [4.78, 5) is 22.6. The van der Waals surface area contributed by atoms with Gasteiger partial charge in [0.1, 0.15) is 11.6 Å². The van der Waals surface area contributed by atoms with Crippen LogP contribution < -0.4 is 10.6 Å². The van der Waals surface area contributed by atoms with Crippen molar-refractivity contribution >= 4 is 63.6 Å². The second-order valence-corrected chi connectivity index (χ2v) is 10.3. The standard InChI is InChI=1S/C23H24Cl3N5O2S/c1-30-4-6-31(7-5-30)12-14-13-34-19(21(14)26)11-28-22-17(8-16(25)9-18(22)32)23(33)29-20-3-2-15(24)10-27-20/h2-3,8-10,13,28,32H,4-7,11-12H2,1H3,(H,27,29,33). The summed E-state index contributed by atoms with van der Waals surface area (Å²) in [7, 11) is 2.13. The molecule has 4 rings (SSSR count). The first-order valence-electron chi connectivity index (χ1n) is 10.6. The summed E-state index contributed by atoms with van der Waals surface area (Å²) in [5.74, 6) is -0.273. The third kappa shape index (κ3) is 6.13. The number of nitrogens with one attached hydrogen (secondary N) is 2. The van der Waals surface area contributed by atoms with Crippen molar-refractivity contribution in [1.29, 1.82) is 0 Å². The number of phenolic OH excluding ortho intramolecular Hbond substituents is 1. The molecule has 3 N–H and O–H groups in total. The van der Waals surface area contributed by atoms with Crippen LogP contribution in [0.3, 0.4) is 0 Å². The molecule has 1 fully saturated rings. The maximum atomic E-state index is 12.9. The molecule has 7 nitrogen and oxygen atoms in total. The minimum Gasteiger partial charge on any atom is -0.506 e. The van der Waals surface area contributed by atoms with E-state index in [0.29, 0.717) is 22.4 Å². The van der Waals surface area contributed by atoms with E-state index in [1.807, 2.05) is 0 Å². The lowest BCUT2D eigenvalue weighted by molar-refractivity contribution is 0.102. The lowest BCUT2D eigenvalue weighted by Gasteiger charge is -2.32. The van der Waals surface area contributed by atoms with Crippen LogP contribution in [0.25, 0.3) is 0 Å². The third-order valence-corrected chi connectivity index (χ3v) is 7.64. The van der Waals surface area contributed by atoms with Gasteiger partial charge in [0.25, 0.3) is 5.91 Å². The number of carbonyl (C=O) groups is 1. The van der Waals surface area contributed by atoms with Gasteiger partial charge in [-0.05, 0) is 36.2 Å². The van der Waals surface area contributed by atoms with Crippen molar-refractivity contribution in [3.05, 3.63) is 66.9 Å². The Morgan fingerprint density at radius 3 is 2.62 bits per heavy atom. The molecular formula is C23H24Cl3N5O2S. The minimum atomic E-state index is -0.469. The van der Waals surface area contributed by atoms with Crippen LogP contribution in [0.1, 0.15) is 20.8 Å². The second-order valence-electron chi connectivity index (χ2n) is 8.09. The molecule has 1 amide bonds. The normalized spacial score (nSPS) is 14.8. The molecule has 0 atom stereocenters. The van der Waals surface area contributed by atoms with E-state index in [-0.39, 0.29) is 22.0 Å². The molecule has 2 aromatic heterocycles. The minimum absolute atomic E-state index is 0.132. The van der Waals surface area contributed by atoms with E-state index in [2.05, 4.69) is 37.8 Å². The fraction of sp³-hybridized carbons (Fsp3) is 0.304. The predicted octanol–water partition coefficient (Wildman–Crippen LogP) is 5.42. The van der Waals surface area contributed by atoms with E-state index in [0.717, 1.165) is 43.2 Å². The number of aromatic hydroxyl groups is 1. The Hall–Kier alpha value is -2.07. The van der Waals surface area contributed by atoms with Crippen LogP contribution in [-0.2, 0) is 13.1 Å². The zero-order chi connectivity index (χ0) is 24.2. The first-order chi connectivity index (χ1) is 16.3. The third-order valence-electron chi connectivity index (χ3n) is 5.58. The van der Waals surface area contributed by atoms with Crippen LogP contribution in [0.4, 0.5) is 11.5 Å². The number of rotatable bonds is 7. The summed E-state index contributed by atoms with van der Waals surface area (Å²) < 4.78 is 0. The van der Waals surface area contributed by atoms with Gasteiger partial charge in [0.15, 0.2) is 0 Å². The summed E-state index contributed by atoms with van der Waals surface area (Å²) in [5.41, 5.74) is 1.54. The molecule has 34 heavy (non-hydrogen) atoms. The van der Waals surface area contributed by atoms with Gasteiger partial charge in [-0.1, -0.05) is 34.8 Å². The van der Waals surface area contributed by atoms with Crippen LogP contribution >= 0.6 is 46.1 Å². The number of hydrogen-bond acceptors (Lipinski definition) is 7. The van der Waals surface area contributed by atoms with Crippen molar-refractivity contribution in [3.8, 4) is 5.75 Å². The summed E-state index contributed by atoms with van der Waals surface area (Å²) in [6.45, 7) is 5.26. The van der Waals surface area contributed by atoms with Gasteiger partial charge >= 0.3 is 0 Å². The maximum absolute atomic E-state index is 12.9. The Balaban J connectivity index is 1.47. The number of carbonyl (C=O) groups excluding carboxylic acids is 1. The molecule has 1 aliphatic heterocycles. The van der Waals surface area contributed by atoms with Gasteiger partial charge in [-0.15, -0.1) is 11.3 Å². The van der Waals surface area contributed by atoms with Gasteiger partial charge in [-0.3, -0.25) is 9.69 Å². The van der Waals surface area contributed by atoms with Crippen molar-refractivity contribution in [1.82, 2.24) is 14.8 Å². The largest absolute Gasteiger partial charge is 0.506 e.